The predicted octanol–water partition coefficient (Wildman–Crippen LogP) is 1.57. The molecular weight excluding hydrogens is 280 g/mol. The minimum absolute atomic E-state index is 0.168. The molecule has 0 aliphatic carbocycles. The molecule has 2 aromatic rings. The van der Waals surface area contributed by atoms with Crippen LogP contribution in [0.4, 0.5) is 4.79 Å². The van der Waals surface area contributed by atoms with Gasteiger partial charge in [0.15, 0.2) is 0 Å². The Morgan fingerprint density at radius 1 is 1.36 bits per heavy atom. The number of carbonyl (C=O) groups excluding carboxylic acids is 1. The summed E-state index contributed by atoms with van der Waals surface area (Å²) >= 11 is 0. The van der Waals surface area contributed by atoms with Crippen LogP contribution in [0.3, 0.4) is 0 Å². The first-order valence-corrected chi connectivity index (χ1v) is 7.21. The van der Waals surface area contributed by atoms with E-state index in [2.05, 4.69) is 15.7 Å². The van der Waals surface area contributed by atoms with Crippen LogP contribution < -0.4 is 10.6 Å². The maximum atomic E-state index is 11.8. The highest BCUT2D eigenvalue weighted by Gasteiger charge is 2.10. The lowest BCUT2D eigenvalue weighted by Crippen LogP contribution is -2.37. The standard InChI is InChI=1S/C16H22N4O2/c1-11-5-4-6-13(7-11)15(21)10-18-16(22)17-8-14-9-19-20(3)12(14)2/h4-7,9,15,21H,8,10H2,1-3H3,(H2,17,18,22). The largest absolute Gasteiger partial charge is 0.387 e. The second kappa shape index (κ2) is 7.09. The average molecular weight is 302 g/mol. The number of amides is 2. The molecular formula is C16H22N4O2. The van der Waals surface area contributed by atoms with E-state index in [-0.39, 0.29) is 12.6 Å². The Bertz CT molecular complexity index is 651. The molecule has 1 unspecified atom stereocenters. The van der Waals surface area contributed by atoms with Gasteiger partial charge in [0.25, 0.3) is 0 Å². The van der Waals surface area contributed by atoms with E-state index in [1.165, 1.54) is 0 Å². The first-order chi connectivity index (χ1) is 10.5. The number of nitrogens with one attached hydrogen (secondary N) is 2. The number of urea groups is 1. The number of aliphatic hydroxyl groups excluding tert-OH is 1. The Hall–Kier alpha value is -2.34. The summed E-state index contributed by atoms with van der Waals surface area (Å²) in [4.78, 5) is 11.8. The lowest BCUT2D eigenvalue weighted by Gasteiger charge is -2.13. The molecule has 0 saturated carbocycles. The topological polar surface area (TPSA) is 79.2 Å². The fraction of sp³-hybridized carbons (Fsp3) is 0.375. The molecule has 0 fully saturated rings. The lowest BCUT2D eigenvalue weighted by atomic mass is 10.1. The summed E-state index contributed by atoms with van der Waals surface area (Å²) in [5, 5.41) is 19.6. The van der Waals surface area contributed by atoms with E-state index in [0.717, 1.165) is 22.4 Å². The third kappa shape index (κ3) is 4.08. The molecule has 2 rings (SSSR count). The van der Waals surface area contributed by atoms with Gasteiger partial charge in [-0.15, -0.1) is 0 Å². The normalized spacial score (nSPS) is 12.0. The molecule has 1 aromatic heterocycles. The molecule has 0 saturated heterocycles. The van der Waals surface area contributed by atoms with Crippen molar-refractivity contribution in [1.29, 1.82) is 0 Å². The van der Waals surface area contributed by atoms with Crippen LogP contribution in [0.1, 0.15) is 28.5 Å². The van der Waals surface area contributed by atoms with Crippen molar-refractivity contribution in [2.45, 2.75) is 26.5 Å². The van der Waals surface area contributed by atoms with Crippen LogP contribution >= 0.6 is 0 Å². The highest BCUT2D eigenvalue weighted by atomic mass is 16.3. The number of aliphatic hydroxyl groups is 1. The molecule has 22 heavy (non-hydrogen) atoms. The lowest BCUT2D eigenvalue weighted by molar-refractivity contribution is 0.173. The van der Waals surface area contributed by atoms with Crippen molar-refractivity contribution in [2.24, 2.45) is 7.05 Å². The van der Waals surface area contributed by atoms with Gasteiger partial charge in [0.05, 0.1) is 12.3 Å². The molecule has 0 radical (unpaired) electrons. The molecule has 1 atom stereocenters. The SMILES string of the molecule is Cc1cccc(C(O)CNC(=O)NCc2cnn(C)c2C)c1. The molecule has 1 aromatic carbocycles. The van der Waals surface area contributed by atoms with Gasteiger partial charge in [0, 0.05) is 31.4 Å². The summed E-state index contributed by atoms with van der Waals surface area (Å²) in [6.07, 6.45) is 1.02. The van der Waals surface area contributed by atoms with Gasteiger partial charge in [-0.2, -0.15) is 5.10 Å². The summed E-state index contributed by atoms with van der Waals surface area (Å²) in [7, 11) is 1.86. The summed E-state index contributed by atoms with van der Waals surface area (Å²) in [5.41, 5.74) is 3.86. The van der Waals surface area contributed by atoms with Crippen LogP contribution in [0.25, 0.3) is 0 Å². The molecule has 118 valence electrons. The number of nitrogens with zero attached hydrogens (tertiary/aromatic N) is 2. The van der Waals surface area contributed by atoms with Crippen molar-refractivity contribution >= 4 is 6.03 Å². The summed E-state index contributed by atoms with van der Waals surface area (Å²) in [6.45, 7) is 4.49. The molecule has 6 nitrogen and oxygen atoms in total. The van der Waals surface area contributed by atoms with Gasteiger partial charge in [-0.3, -0.25) is 4.68 Å². The van der Waals surface area contributed by atoms with Gasteiger partial charge in [0.1, 0.15) is 0 Å². The van der Waals surface area contributed by atoms with Crippen LogP contribution in [0.15, 0.2) is 30.5 Å². The highest BCUT2D eigenvalue weighted by molar-refractivity contribution is 5.73. The summed E-state index contributed by atoms with van der Waals surface area (Å²) in [6, 6.07) is 7.29. The van der Waals surface area contributed by atoms with Crippen molar-refractivity contribution in [3.8, 4) is 0 Å². The molecule has 0 aliphatic rings. The Balaban J connectivity index is 1.79. The van der Waals surface area contributed by atoms with Gasteiger partial charge in [0.2, 0.25) is 0 Å². The minimum atomic E-state index is -0.717. The van der Waals surface area contributed by atoms with Crippen molar-refractivity contribution < 1.29 is 9.90 Å². The monoisotopic (exact) mass is 302 g/mol. The maximum Gasteiger partial charge on any atom is 0.315 e. The quantitative estimate of drug-likeness (QED) is 0.784. The van der Waals surface area contributed by atoms with E-state index in [9.17, 15) is 9.90 Å². The van der Waals surface area contributed by atoms with Gasteiger partial charge in [-0.25, -0.2) is 4.79 Å². The molecule has 2 amide bonds. The smallest absolute Gasteiger partial charge is 0.315 e. The predicted molar refractivity (Wildman–Crippen MR) is 84.3 cm³/mol. The minimum Gasteiger partial charge on any atom is -0.387 e. The van der Waals surface area contributed by atoms with Gasteiger partial charge < -0.3 is 15.7 Å². The van der Waals surface area contributed by atoms with E-state index in [4.69, 9.17) is 0 Å². The van der Waals surface area contributed by atoms with Crippen LogP contribution in [-0.2, 0) is 13.6 Å². The van der Waals surface area contributed by atoms with Gasteiger partial charge >= 0.3 is 6.03 Å². The maximum absolute atomic E-state index is 11.8. The van der Waals surface area contributed by atoms with Crippen LogP contribution in [-0.4, -0.2) is 27.5 Å². The van der Waals surface area contributed by atoms with Crippen molar-refractivity contribution in [1.82, 2.24) is 20.4 Å². The third-order valence-electron chi connectivity index (χ3n) is 3.66. The Morgan fingerprint density at radius 2 is 2.14 bits per heavy atom. The fourth-order valence-electron chi connectivity index (χ4n) is 2.14. The van der Waals surface area contributed by atoms with E-state index < -0.39 is 6.10 Å². The molecule has 0 aliphatic heterocycles. The van der Waals surface area contributed by atoms with Gasteiger partial charge in [-0.1, -0.05) is 29.8 Å². The van der Waals surface area contributed by atoms with Crippen LogP contribution in [0, 0.1) is 13.8 Å². The number of aromatic nitrogens is 2. The molecule has 6 heteroatoms. The first kappa shape index (κ1) is 16.0. The molecule has 3 N–H and O–H groups in total. The zero-order valence-electron chi connectivity index (χ0n) is 13.1. The molecule has 1 heterocycles. The molecule has 0 spiro atoms. The second-order valence-corrected chi connectivity index (χ2v) is 5.37. The second-order valence-electron chi connectivity index (χ2n) is 5.37. The first-order valence-electron chi connectivity index (χ1n) is 7.21. The van der Waals surface area contributed by atoms with E-state index in [0.29, 0.717) is 6.54 Å². The Morgan fingerprint density at radius 3 is 2.77 bits per heavy atom. The number of hydrogen-bond acceptors (Lipinski definition) is 3. The highest BCUT2D eigenvalue weighted by Crippen LogP contribution is 2.13. The Labute approximate surface area is 130 Å². The van der Waals surface area contributed by atoms with Gasteiger partial charge in [-0.05, 0) is 19.4 Å². The van der Waals surface area contributed by atoms with Crippen molar-refractivity contribution in [3.63, 3.8) is 0 Å². The zero-order valence-corrected chi connectivity index (χ0v) is 13.1. The van der Waals surface area contributed by atoms with E-state index >= 15 is 0 Å². The summed E-state index contributed by atoms with van der Waals surface area (Å²) < 4.78 is 1.76. The number of aryl methyl sites for hydroxylation is 2. The number of benzene rings is 1. The van der Waals surface area contributed by atoms with E-state index in [1.807, 2.05) is 45.2 Å². The Kier molecular flexibility index (Phi) is 5.16. The molecule has 0 bridgehead atoms. The number of hydrogen-bond donors (Lipinski definition) is 3. The summed E-state index contributed by atoms with van der Waals surface area (Å²) in [5.74, 6) is 0. The van der Waals surface area contributed by atoms with Crippen molar-refractivity contribution in [2.75, 3.05) is 6.54 Å². The fourth-order valence-corrected chi connectivity index (χ4v) is 2.14. The van der Waals surface area contributed by atoms with Crippen molar-refractivity contribution in [3.05, 3.63) is 52.8 Å². The zero-order chi connectivity index (χ0) is 16.1. The van der Waals surface area contributed by atoms with Crippen LogP contribution in [0.5, 0.6) is 0 Å². The average Bonchev–Trinajstić information content (AvgIpc) is 2.82. The van der Waals surface area contributed by atoms with E-state index in [1.54, 1.807) is 10.9 Å². The third-order valence-corrected chi connectivity index (χ3v) is 3.66. The number of carbonyl (C=O) groups is 1. The van der Waals surface area contributed by atoms with Crippen LogP contribution in [0.2, 0.25) is 0 Å². The number of rotatable bonds is 5.